The molecule has 0 radical (unpaired) electrons. The summed E-state index contributed by atoms with van der Waals surface area (Å²) in [5.41, 5.74) is 1.89. The highest BCUT2D eigenvalue weighted by Crippen LogP contribution is 2.28. The first kappa shape index (κ1) is 29.5. The number of anilines is 1. The van der Waals surface area contributed by atoms with E-state index < -0.39 is 28.5 Å². The maximum Gasteiger partial charge on any atom is 0.264 e. The van der Waals surface area contributed by atoms with Crippen LogP contribution in [0.4, 0.5) is 5.69 Å². The first-order valence-electron chi connectivity index (χ1n) is 12.5. The van der Waals surface area contributed by atoms with Crippen molar-refractivity contribution in [3.63, 3.8) is 0 Å². The van der Waals surface area contributed by atoms with Crippen molar-refractivity contribution in [2.75, 3.05) is 31.6 Å². The smallest absolute Gasteiger partial charge is 0.264 e. The van der Waals surface area contributed by atoms with Gasteiger partial charge in [-0.15, -0.1) is 0 Å². The van der Waals surface area contributed by atoms with E-state index in [1.165, 1.54) is 24.1 Å². The third-order valence-corrected chi connectivity index (χ3v) is 8.02. The molecule has 10 heteroatoms. The van der Waals surface area contributed by atoms with Crippen LogP contribution in [0, 0.1) is 6.92 Å². The van der Waals surface area contributed by atoms with E-state index in [4.69, 9.17) is 9.47 Å². The molecule has 1 N–H and O–H groups in total. The quantitative estimate of drug-likeness (QED) is 0.366. The Morgan fingerprint density at radius 3 is 2.15 bits per heavy atom. The van der Waals surface area contributed by atoms with Crippen molar-refractivity contribution < 1.29 is 27.5 Å². The number of likely N-dealkylation sites (N-methyl/N-ethyl adjacent to an activating group) is 1. The number of ether oxygens (including phenoxy) is 2. The van der Waals surface area contributed by atoms with E-state index in [9.17, 15) is 18.0 Å². The molecule has 0 fully saturated rings. The molecular formula is C29H35N3O6S. The average Bonchev–Trinajstić information content (AvgIpc) is 2.94. The van der Waals surface area contributed by atoms with Crippen LogP contribution >= 0.6 is 0 Å². The lowest BCUT2D eigenvalue weighted by Crippen LogP contribution is -2.51. The van der Waals surface area contributed by atoms with Gasteiger partial charge in [0.25, 0.3) is 10.0 Å². The first-order valence-corrected chi connectivity index (χ1v) is 14.0. The van der Waals surface area contributed by atoms with E-state index in [-0.39, 0.29) is 23.0 Å². The number of carbonyl (C=O) groups is 2. The van der Waals surface area contributed by atoms with Gasteiger partial charge in [0.05, 0.1) is 24.8 Å². The van der Waals surface area contributed by atoms with Crippen molar-refractivity contribution in [3.8, 4) is 11.5 Å². The third-order valence-electron chi connectivity index (χ3n) is 6.23. The van der Waals surface area contributed by atoms with Crippen molar-refractivity contribution in [1.82, 2.24) is 10.2 Å². The van der Waals surface area contributed by atoms with Gasteiger partial charge in [0, 0.05) is 19.2 Å². The second-order valence-electron chi connectivity index (χ2n) is 8.97. The van der Waals surface area contributed by atoms with Crippen LogP contribution in [0.3, 0.4) is 0 Å². The summed E-state index contributed by atoms with van der Waals surface area (Å²) in [6.45, 7) is 5.20. The zero-order valence-electron chi connectivity index (χ0n) is 22.9. The van der Waals surface area contributed by atoms with Crippen molar-refractivity contribution in [2.45, 2.75) is 38.3 Å². The second-order valence-corrected chi connectivity index (χ2v) is 10.8. The minimum atomic E-state index is -4.15. The molecule has 9 nitrogen and oxygen atoms in total. The minimum absolute atomic E-state index is 0.0415. The van der Waals surface area contributed by atoms with Gasteiger partial charge in [-0.3, -0.25) is 13.9 Å². The third kappa shape index (κ3) is 7.29. The van der Waals surface area contributed by atoms with Gasteiger partial charge in [0.1, 0.15) is 24.1 Å². The van der Waals surface area contributed by atoms with Crippen LogP contribution in [-0.2, 0) is 26.2 Å². The maximum absolute atomic E-state index is 13.9. The highest BCUT2D eigenvalue weighted by Gasteiger charge is 2.32. The van der Waals surface area contributed by atoms with E-state index in [1.807, 2.05) is 13.0 Å². The molecule has 3 aromatic rings. The maximum atomic E-state index is 13.9. The predicted molar refractivity (Wildman–Crippen MR) is 150 cm³/mol. The fourth-order valence-corrected chi connectivity index (χ4v) is 5.41. The largest absolute Gasteiger partial charge is 0.497 e. The molecule has 0 spiro atoms. The molecule has 0 aliphatic heterocycles. The normalized spacial score (nSPS) is 11.8. The summed E-state index contributed by atoms with van der Waals surface area (Å²) >= 11 is 0. The van der Waals surface area contributed by atoms with E-state index in [2.05, 4.69) is 5.32 Å². The summed E-state index contributed by atoms with van der Waals surface area (Å²) in [5.74, 6) is 0.150. The Morgan fingerprint density at radius 2 is 1.54 bits per heavy atom. The number of benzene rings is 3. The molecule has 0 unspecified atom stereocenters. The van der Waals surface area contributed by atoms with E-state index in [0.29, 0.717) is 18.0 Å². The van der Waals surface area contributed by atoms with Crippen molar-refractivity contribution in [1.29, 1.82) is 0 Å². The second kappa shape index (κ2) is 13.1. The summed E-state index contributed by atoms with van der Waals surface area (Å²) in [4.78, 5) is 28.1. The molecule has 208 valence electrons. The van der Waals surface area contributed by atoms with Gasteiger partial charge in [0.15, 0.2) is 0 Å². The monoisotopic (exact) mass is 553 g/mol. The summed E-state index contributed by atoms with van der Waals surface area (Å²) in [6.07, 6.45) is 0. The van der Waals surface area contributed by atoms with E-state index >= 15 is 0 Å². The number of methoxy groups -OCH3 is 2. The fraction of sp³-hybridized carbons (Fsp3) is 0.310. The van der Waals surface area contributed by atoms with Gasteiger partial charge < -0.3 is 19.7 Å². The molecule has 0 saturated carbocycles. The zero-order valence-corrected chi connectivity index (χ0v) is 23.7. The lowest BCUT2D eigenvalue weighted by atomic mass is 10.1. The highest BCUT2D eigenvalue weighted by atomic mass is 32.2. The van der Waals surface area contributed by atoms with Gasteiger partial charge in [-0.2, -0.15) is 0 Å². The van der Waals surface area contributed by atoms with Crippen molar-refractivity contribution in [2.24, 2.45) is 0 Å². The predicted octanol–water partition coefficient (Wildman–Crippen LogP) is 3.76. The van der Waals surface area contributed by atoms with Crippen LogP contribution in [-0.4, -0.2) is 58.5 Å². The lowest BCUT2D eigenvalue weighted by molar-refractivity contribution is -0.139. The number of carbonyl (C=O) groups excluding carboxylic acids is 2. The van der Waals surface area contributed by atoms with Crippen LogP contribution in [0.25, 0.3) is 0 Å². The standard InChI is InChI=1S/C29H35N3O6S/c1-6-30-29(34)22(3)31(19-23-9-7-11-25(17-23)37-4)28(33)20-32(24-10-8-12-26(18-24)38-5)39(35,36)27-15-13-21(2)14-16-27/h7-18,22H,6,19-20H2,1-5H3,(H,30,34)/t22-/m0/s1. The molecule has 1 atom stereocenters. The molecule has 0 aliphatic carbocycles. The Bertz CT molecular complexity index is 1390. The van der Waals surface area contributed by atoms with Crippen LogP contribution < -0.4 is 19.1 Å². The average molecular weight is 554 g/mol. The van der Waals surface area contributed by atoms with Crippen molar-refractivity contribution >= 4 is 27.5 Å². The molecule has 0 saturated heterocycles. The minimum Gasteiger partial charge on any atom is -0.497 e. The Balaban J connectivity index is 2.05. The number of amides is 2. The number of rotatable bonds is 12. The van der Waals surface area contributed by atoms with Crippen LogP contribution in [0.2, 0.25) is 0 Å². The number of hydrogen-bond acceptors (Lipinski definition) is 6. The summed E-state index contributed by atoms with van der Waals surface area (Å²) < 4.78 is 39.4. The molecule has 3 rings (SSSR count). The fourth-order valence-electron chi connectivity index (χ4n) is 4.00. The Kier molecular flexibility index (Phi) is 9.95. The van der Waals surface area contributed by atoms with Crippen molar-refractivity contribution in [3.05, 3.63) is 83.9 Å². The molecule has 3 aromatic carbocycles. The van der Waals surface area contributed by atoms with Crippen LogP contribution in [0.5, 0.6) is 11.5 Å². The Hall–Kier alpha value is -4.05. The van der Waals surface area contributed by atoms with Gasteiger partial charge in [0.2, 0.25) is 11.8 Å². The molecular weight excluding hydrogens is 518 g/mol. The van der Waals surface area contributed by atoms with Gasteiger partial charge in [-0.05, 0) is 62.7 Å². The molecule has 0 heterocycles. The Morgan fingerprint density at radius 1 is 0.923 bits per heavy atom. The lowest BCUT2D eigenvalue weighted by Gasteiger charge is -2.32. The molecule has 0 bridgehead atoms. The van der Waals surface area contributed by atoms with Crippen LogP contribution in [0.15, 0.2) is 77.7 Å². The summed E-state index contributed by atoms with van der Waals surface area (Å²) in [7, 11) is -1.13. The van der Waals surface area contributed by atoms with Gasteiger partial charge in [-0.1, -0.05) is 35.9 Å². The number of nitrogens with one attached hydrogen (secondary N) is 1. The SMILES string of the molecule is CCNC(=O)[C@H](C)N(Cc1cccc(OC)c1)C(=O)CN(c1cccc(OC)c1)S(=O)(=O)c1ccc(C)cc1. The summed E-state index contributed by atoms with van der Waals surface area (Å²) in [6, 6.07) is 19.2. The number of hydrogen-bond donors (Lipinski definition) is 1. The number of nitrogens with zero attached hydrogens (tertiary/aromatic N) is 2. The number of sulfonamides is 1. The topological polar surface area (TPSA) is 105 Å². The molecule has 0 aromatic heterocycles. The molecule has 2 amide bonds. The van der Waals surface area contributed by atoms with E-state index in [0.717, 1.165) is 15.4 Å². The highest BCUT2D eigenvalue weighted by molar-refractivity contribution is 7.92. The Labute approximate surface area is 230 Å². The van der Waals surface area contributed by atoms with Gasteiger partial charge >= 0.3 is 0 Å². The summed E-state index contributed by atoms with van der Waals surface area (Å²) in [5, 5.41) is 2.74. The van der Waals surface area contributed by atoms with Gasteiger partial charge in [-0.25, -0.2) is 8.42 Å². The van der Waals surface area contributed by atoms with Crippen LogP contribution in [0.1, 0.15) is 25.0 Å². The first-order chi connectivity index (χ1) is 18.6. The zero-order chi connectivity index (χ0) is 28.6. The molecule has 39 heavy (non-hydrogen) atoms. The molecule has 0 aliphatic rings. The van der Waals surface area contributed by atoms with E-state index in [1.54, 1.807) is 75.6 Å². The number of aryl methyl sites for hydroxylation is 1.